The Hall–Kier alpha value is 1.08. The van der Waals surface area contributed by atoms with E-state index in [1.165, 1.54) is 19.2 Å². The summed E-state index contributed by atoms with van der Waals surface area (Å²) in [5, 5.41) is 0. The Morgan fingerprint density at radius 3 is 1.25 bits per heavy atom. The summed E-state index contributed by atoms with van der Waals surface area (Å²) in [6.07, 6.45) is 0. The largest absolute Gasteiger partial charge is 0 e. The van der Waals surface area contributed by atoms with Gasteiger partial charge in [0.2, 0.25) is 0 Å². The molecule has 0 unspecified atom stereocenters. The Balaban J connectivity index is -0.00000000500. The molecule has 0 bridgehead atoms. The maximum atomic E-state index is 8.10. The Labute approximate surface area is 48.6 Å². The molecule has 0 saturated heterocycles. The number of hydrogen-bond donors (Lipinski definition) is 0. The van der Waals surface area contributed by atoms with Crippen LogP contribution in [-0.2, 0) is 43.1 Å². The molecule has 4 heteroatoms. The van der Waals surface area contributed by atoms with Crippen LogP contribution in [0.4, 0.5) is 0 Å². The van der Waals surface area contributed by atoms with Crippen LogP contribution >= 0.6 is 0 Å². The van der Waals surface area contributed by atoms with Crippen molar-refractivity contribution in [1.82, 2.24) is 0 Å². The second-order valence-electron chi connectivity index (χ2n) is 0. The van der Waals surface area contributed by atoms with Gasteiger partial charge in [0.15, 0.2) is 0 Å². The average Bonchev–Trinajstić information content (AvgIpc) is 1.00. The minimum Gasteiger partial charge on any atom is 0 e. The van der Waals surface area contributed by atoms with Gasteiger partial charge < -0.3 is 5.48 Å². The Bertz CT molecular complexity index is 4.00. The maximum absolute atomic E-state index is 8.10. The first kappa shape index (κ1) is 19.5. The molecule has 0 saturated carbocycles. The SMILES string of the molecule is O.[O]=[Pd].[Pd]. The predicted octanol–water partition coefficient (Wildman–Crippen LogP) is -0.949. The van der Waals surface area contributed by atoms with Crippen molar-refractivity contribution < 1.29 is 48.5 Å². The minimum absolute atomic E-state index is 0. The van der Waals surface area contributed by atoms with E-state index in [0.29, 0.717) is 0 Å². The summed E-state index contributed by atoms with van der Waals surface area (Å²) >= 11 is 1.50. The number of rotatable bonds is 0. The fourth-order valence-corrected chi connectivity index (χ4v) is 0. The zero-order valence-electron chi connectivity index (χ0n) is 1.54. The smallest absolute Gasteiger partial charge is 0 e. The van der Waals surface area contributed by atoms with Crippen LogP contribution in [0.25, 0.3) is 0 Å². The minimum atomic E-state index is 0. The normalized spacial score (nSPS) is 1.50. The van der Waals surface area contributed by atoms with E-state index in [1.54, 1.807) is 0 Å². The molecule has 0 aromatic heterocycles. The van der Waals surface area contributed by atoms with E-state index in [2.05, 4.69) is 0 Å². The van der Waals surface area contributed by atoms with Crippen molar-refractivity contribution in [2.24, 2.45) is 0 Å². The molecule has 0 aromatic rings. The fraction of sp³-hybridized carbons (Fsp3) is 0. The second-order valence-corrected chi connectivity index (χ2v) is 0. The van der Waals surface area contributed by atoms with Crippen molar-refractivity contribution in [3.63, 3.8) is 0 Å². The van der Waals surface area contributed by atoms with Crippen molar-refractivity contribution in [3.05, 3.63) is 0 Å². The van der Waals surface area contributed by atoms with Crippen LogP contribution in [0.15, 0.2) is 0 Å². The first-order valence-corrected chi connectivity index (χ1v) is 0.764. The summed E-state index contributed by atoms with van der Waals surface area (Å²) in [6.45, 7) is 0. The molecule has 0 atom stereocenters. The molecule has 0 aliphatic carbocycles. The summed E-state index contributed by atoms with van der Waals surface area (Å²) in [6, 6.07) is 0. The summed E-state index contributed by atoms with van der Waals surface area (Å²) in [4.78, 5) is 0. The molecule has 0 aromatic carbocycles. The van der Waals surface area contributed by atoms with Crippen molar-refractivity contribution in [3.8, 4) is 0 Å². The van der Waals surface area contributed by atoms with Crippen molar-refractivity contribution in [2.45, 2.75) is 0 Å². The van der Waals surface area contributed by atoms with E-state index in [4.69, 9.17) is 3.47 Å². The van der Waals surface area contributed by atoms with Crippen molar-refractivity contribution in [1.29, 1.82) is 0 Å². The van der Waals surface area contributed by atoms with Gasteiger partial charge in [-0.3, -0.25) is 0 Å². The second kappa shape index (κ2) is 33.0. The Morgan fingerprint density at radius 1 is 1.25 bits per heavy atom. The maximum Gasteiger partial charge on any atom is 0 e. The van der Waals surface area contributed by atoms with Crippen LogP contribution in [0, 0.1) is 0 Å². The van der Waals surface area contributed by atoms with E-state index >= 15 is 0 Å². The molecule has 0 amide bonds. The molecule has 0 rings (SSSR count). The third-order valence-corrected chi connectivity index (χ3v) is 0. The van der Waals surface area contributed by atoms with Gasteiger partial charge in [-0.15, -0.1) is 0 Å². The van der Waals surface area contributed by atoms with Gasteiger partial charge in [-0.2, -0.15) is 0 Å². The van der Waals surface area contributed by atoms with Gasteiger partial charge in [0.1, 0.15) is 0 Å². The van der Waals surface area contributed by atoms with Crippen LogP contribution in [0.2, 0.25) is 0 Å². The predicted molar refractivity (Wildman–Crippen MR) is 4.30 cm³/mol. The molecule has 0 fully saturated rings. The van der Waals surface area contributed by atoms with Crippen LogP contribution in [0.1, 0.15) is 0 Å². The van der Waals surface area contributed by atoms with Gasteiger partial charge >= 0.3 is 22.6 Å². The quantitative estimate of drug-likeness (QED) is 0.509. The van der Waals surface area contributed by atoms with Crippen molar-refractivity contribution >= 4 is 0 Å². The molecule has 0 aliphatic heterocycles. The molecule has 2 N–H and O–H groups in total. The summed E-state index contributed by atoms with van der Waals surface area (Å²) in [7, 11) is 0. The van der Waals surface area contributed by atoms with E-state index < -0.39 is 0 Å². The summed E-state index contributed by atoms with van der Waals surface area (Å²) in [5.41, 5.74) is 0. The molecular formula is H2O2Pd2. The Kier molecular flexibility index (Phi) is 161. The van der Waals surface area contributed by atoms with E-state index in [9.17, 15) is 0 Å². The zero-order chi connectivity index (χ0) is 2.00. The topological polar surface area (TPSA) is 48.6 Å². The molecule has 0 aliphatic rings. The molecule has 4 heavy (non-hydrogen) atoms. The first-order chi connectivity index (χ1) is 1.00. The molecule has 0 radical (unpaired) electrons. The third kappa shape index (κ3) is 11.4. The zero-order valence-corrected chi connectivity index (χ0v) is 4.65. The number of hydrogen-bond acceptors (Lipinski definition) is 1. The van der Waals surface area contributed by atoms with E-state index in [-0.39, 0.29) is 25.9 Å². The molecular weight excluding hydrogens is 245 g/mol. The van der Waals surface area contributed by atoms with Crippen molar-refractivity contribution in [2.75, 3.05) is 0 Å². The third-order valence-electron chi connectivity index (χ3n) is 0. The monoisotopic (exact) mass is 246 g/mol. The molecule has 2 nitrogen and oxygen atoms in total. The molecule has 0 spiro atoms. The first-order valence-electron chi connectivity index (χ1n) is 0.129. The molecule has 0 heterocycles. The van der Waals surface area contributed by atoms with Gasteiger partial charge in [-0.1, -0.05) is 0 Å². The van der Waals surface area contributed by atoms with Gasteiger partial charge in [0.25, 0.3) is 0 Å². The summed E-state index contributed by atoms with van der Waals surface area (Å²) < 4.78 is 8.10. The van der Waals surface area contributed by atoms with Gasteiger partial charge in [0, 0.05) is 20.4 Å². The fourth-order valence-electron chi connectivity index (χ4n) is 0. The summed E-state index contributed by atoms with van der Waals surface area (Å²) in [5.74, 6) is 0. The van der Waals surface area contributed by atoms with Crippen LogP contribution in [0.3, 0.4) is 0 Å². The Morgan fingerprint density at radius 2 is 1.25 bits per heavy atom. The van der Waals surface area contributed by atoms with Crippen LogP contribution < -0.4 is 0 Å². The van der Waals surface area contributed by atoms with E-state index in [0.717, 1.165) is 0 Å². The van der Waals surface area contributed by atoms with Gasteiger partial charge in [-0.05, 0) is 0 Å². The van der Waals surface area contributed by atoms with E-state index in [1.807, 2.05) is 0 Å². The molecule has 34 valence electrons. The van der Waals surface area contributed by atoms with Crippen LogP contribution in [0.5, 0.6) is 0 Å². The van der Waals surface area contributed by atoms with Crippen LogP contribution in [-0.4, -0.2) is 5.48 Å². The average molecular weight is 247 g/mol. The standard InChI is InChI=1S/H2O.O.2Pd/h1H2;;;. The van der Waals surface area contributed by atoms with Gasteiger partial charge in [-0.25, -0.2) is 0 Å². The van der Waals surface area contributed by atoms with Gasteiger partial charge in [0.05, 0.1) is 0 Å².